The number of aryl methyl sites for hydroxylation is 2. The zero-order valence-corrected chi connectivity index (χ0v) is 14.8. The van der Waals surface area contributed by atoms with Gasteiger partial charge in [0.05, 0.1) is 18.7 Å². The predicted molar refractivity (Wildman–Crippen MR) is 99.9 cm³/mol. The minimum atomic E-state index is -0.108. The van der Waals surface area contributed by atoms with Crippen LogP contribution in [0.2, 0.25) is 0 Å². The van der Waals surface area contributed by atoms with E-state index in [-0.39, 0.29) is 25.5 Å². The molecule has 0 unspecified atom stereocenters. The van der Waals surface area contributed by atoms with Crippen molar-refractivity contribution < 1.29 is 14.1 Å². The van der Waals surface area contributed by atoms with Crippen molar-refractivity contribution in [1.29, 1.82) is 0 Å². The summed E-state index contributed by atoms with van der Waals surface area (Å²) in [6, 6.07) is 14.0. The Bertz CT molecular complexity index is 955. The summed E-state index contributed by atoms with van der Waals surface area (Å²) in [5.41, 5.74) is 1.57. The van der Waals surface area contributed by atoms with Crippen molar-refractivity contribution in [1.82, 2.24) is 10.5 Å². The van der Waals surface area contributed by atoms with Crippen LogP contribution >= 0.6 is 0 Å². The van der Waals surface area contributed by atoms with Gasteiger partial charge in [-0.25, -0.2) is 0 Å². The molecule has 0 aliphatic carbocycles. The maximum absolute atomic E-state index is 11.9. The van der Waals surface area contributed by atoms with E-state index in [4.69, 9.17) is 9.26 Å². The van der Waals surface area contributed by atoms with Crippen LogP contribution in [0.4, 0.5) is 0 Å². The number of fused-ring (bicyclic) bond motifs is 1. The summed E-state index contributed by atoms with van der Waals surface area (Å²) in [5.74, 6) is 7.19. The van der Waals surface area contributed by atoms with Crippen molar-refractivity contribution in [2.45, 2.75) is 20.3 Å². The fraction of sp³-hybridized carbons (Fsp3) is 0.238. The van der Waals surface area contributed by atoms with E-state index in [1.165, 1.54) is 0 Å². The van der Waals surface area contributed by atoms with Crippen LogP contribution in [0.25, 0.3) is 10.8 Å². The van der Waals surface area contributed by atoms with Gasteiger partial charge in [-0.3, -0.25) is 4.79 Å². The van der Waals surface area contributed by atoms with Gasteiger partial charge in [-0.2, -0.15) is 0 Å². The predicted octanol–water partition coefficient (Wildman–Crippen LogP) is 3.19. The molecule has 0 aliphatic rings. The number of nitrogens with one attached hydrogen (secondary N) is 1. The Hall–Kier alpha value is -3.26. The number of ether oxygens (including phenoxy) is 1. The molecule has 26 heavy (non-hydrogen) atoms. The molecule has 0 spiro atoms. The quantitative estimate of drug-likeness (QED) is 0.719. The van der Waals surface area contributed by atoms with Gasteiger partial charge in [-0.05, 0) is 25.3 Å². The van der Waals surface area contributed by atoms with Gasteiger partial charge >= 0.3 is 0 Å². The average Bonchev–Trinajstić information content (AvgIpc) is 2.96. The highest BCUT2D eigenvalue weighted by molar-refractivity contribution is 5.88. The smallest absolute Gasteiger partial charge is 0.225 e. The van der Waals surface area contributed by atoms with Gasteiger partial charge in [0.25, 0.3) is 0 Å². The molecule has 1 heterocycles. The molecular weight excluding hydrogens is 328 g/mol. The maximum atomic E-state index is 11.9. The monoisotopic (exact) mass is 348 g/mol. The van der Waals surface area contributed by atoms with Crippen molar-refractivity contribution >= 4 is 16.7 Å². The average molecular weight is 348 g/mol. The number of aromatic nitrogens is 1. The van der Waals surface area contributed by atoms with Gasteiger partial charge in [0.15, 0.2) is 0 Å². The van der Waals surface area contributed by atoms with Gasteiger partial charge in [-0.1, -0.05) is 53.4 Å². The maximum Gasteiger partial charge on any atom is 0.225 e. The minimum Gasteiger partial charge on any atom is -0.480 e. The Kier molecular flexibility index (Phi) is 5.55. The highest BCUT2D eigenvalue weighted by atomic mass is 16.5. The van der Waals surface area contributed by atoms with Crippen LogP contribution in [0.15, 0.2) is 47.0 Å². The second-order valence-electron chi connectivity index (χ2n) is 5.88. The second-order valence-corrected chi connectivity index (χ2v) is 5.88. The fourth-order valence-corrected chi connectivity index (χ4v) is 2.67. The topological polar surface area (TPSA) is 64.4 Å². The van der Waals surface area contributed by atoms with Crippen molar-refractivity contribution in [2.24, 2.45) is 0 Å². The van der Waals surface area contributed by atoms with Crippen LogP contribution in [0.5, 0.6) is 5.75 Å². The van der Waals surface area contributed by atoms with E-state index < -0.39 is 0 Å². The van der Waals surface area contributed by atoms with Gasteiger partial charge in [0.2, 0.25) is 5.91 Å². The highest BCUT2D eigenvalue weighted by Crippen LogP contribution is 2.24. The first kappa shape index (κ1) is 17.6. The summed E-state index contributed by atoms with van der Waals surface area (Å²) in [6.07, 6.45) is 0.245. The van der Waals surface area contributed by atoms with Crippen molar-refractivity contribution in [3.05, 3.63) is 59.5 Å². The molecule has 1 N–H and O–H groups in total. The Morgan fingerprint density at radius 1 is 1.15 bits per heavy atom. The highest BCUT2D eigenvalue weighted by Gasteiger charge is 2.12. The van der Waals surface area contributed by atoms with Gasteiger partial charge in [0, 0.05) is 10.9 Å². The van der Waals surface area contributed by atoms with Crippen LogP contribution in [-0.4, -0.2) is 24.2 Å². The third-order valence-corrected chi connectivity index (χ3v) is 4.07. The lowest BCUT2D eigenvalue weighted by atomic mass is 10.1. The molecule has 0 bridgehead atoms. The summed E-state index contributed by atoms with van der Waals surface area (Å²) in [7, 11) is 0. The summed E-state index contributed by atoms with van der Waals surface area (Å²) in [5, 5.41) is 8.80. The number of hydrogen-bond donors (Lipinski definition) is 1. The Morgan fingerprint density at radius 3 is 2.77 bits per heavy atom. The first-order chi connectivity index (χ1) is 12.6. The summed E-state index contributed by atoms with van der Waals surface area (Å²) in [4.78, 5) is 11.9. The van der Waals surface area contributed by atoms with Gasteiger partial charge < -0.3 is 14.6 Å². The van der Waals surface area contributed by atoms with E-state index in [1.807, 2.05) is 49.4 Å². The van der Waals surface area contributed by atoms with Gasteiger partial charge in [0.1, 0.15) is 18.1 Å². The van der Waals surface area contributed by atoms with E-state index in [1.54, 1.807) is 6.92 Å². The molecule has 0 radical (unpaired) electrons. The molecule has 0 aliphatic heterocycles. The van der Waals surface area contributed by atoms with E-state index in [0.29, 0.717) is 5.76 Å². The molecule has 5 heteroatoms. The van der Waals surface area contributed by atoms with Crippen LogP contribution in [-0.2, 0) is 11.2 Å². The molecule has 1 amide bonds. The second kappa shape index (κ2) is 8.21. The van der Waals surface area contributed by atoms with Gasteiger partial charge in [-0.15, -0.1) is 0 Å². The zero-order chi connectivity index (χ0) is 18.4. The lowest BCUT2D eigenvalue weighted by molar-refractivity contribution is -0.120. The van der Waals surface area contributed by atoms with E-state index in [0.717, 1.165) is 27.8 Å². The van der Waals surface area contributed by atoms with Crippen LogP contribution < -0.4 is 10.1 Å². The van der Waals surface area contributed by atoms with Crippen molar-refractivity contribution in [3.63, 3.8) is 0 Å². The number of hydrogen-bond acceptors (Lipinski definition) is 4. The van der Waals surface area contributed by atoms with E-state index >= 15 is 0 Å². The lowest BCUT2D eigenvalue weighted by Gasteiger charge is -2.06. The zero-order valence-electron chi connectivity index (χ0n) is 14.8. The minimum absolute atomic E-state index is 0.108. The molecule has 5 nitrogen and oxygen atoms in total. The molecule has 3 rings (SSSR count). The number of rotatable bonds is 5. The third-order valence-electron chi connectivity index (χ3n) is 4.07. The van der Waals surface area contributed by atoms with Crippen LogP contribution in [0, 0.1) is 25.7 Å². The number of carbonyl (C=O) groups excluding carboxylic acids is 1. The first-order valence-electron chi connectivity index (χ1n) is 8.40. The number of nitrogens with zero attached hydrogens (tertiary/aromatic N) is 1. The summed E-state index contributed by atoms with van der Waals surface area (Å²) < 4.78 is 10.8. The summed E-state index contributed by atoms with van der Waals surface area (Å²) in [6.45, 7) is 4.17. The normalized spacial score (nSPS) is 10.2. The standard InChI is InChI=1S/C21H20N2O3/c1-15-19(16(2)26-23-15)14-21(24)22-12-5-6-13-25-20-11-7-9-17-8-3-4-10-18(17)20/h3-4,7-11H,12-14H2,1-2H3,(H,22,24). The molecule has 1 aromatic heterocycles. The third kappa shape index (κ3) is 4.22. The van der Waals surface area contributed by atoms with Crippen LogP contribution in [0.3, 0.4) is 0 Å². The molecule has 0 saturated carbocycles. The molecule has 2 aromatic carbocycles. The number of amides is 1. The summed E-state index contributed by atoms with van der Waals surface area (Å²) >= 11 is 0. The Morgan fingerprint density at radius 2 is 1.96 bits per heavy atom. The molecule has 0 atom stereocenters. The fourth-order valence-electron chi connectivity index (χ4n) is 2.67. The number of benzene rings is 2. The molecule has 3 aromatic rings. The molecule has 132 valence electrons. The number of carbonyl (C=O) groups is 1. The Labute approximate surface area is 152 Å². The largest absolute Gasteiger partial charge is 0.480 e. The van der Waals surface area contributed by atoms with E-state index in [9.17, 15) is 4.79 Å². The van der Waals surface area contributed by atoms with Crippen LogP contribution in [0.1, 0.15) is 17.0 Å². The Balaban J connectivity index is 1.46. The van der Waals surface area contributed by atoms with Crippen molar-refractivity contribution in [2.75, 3.05) is 13.2 Å². The van der Waals surface area contributed by atoms with E-state index in [2.05, 4.69) is 22.3 Å². The molecular formula is C21H20N2O3. The van der Waals surface area contributed by atoms with Crippen molar-refractivity contribution in [3.8, 4) is 17.6 Å². The molecule has 0 saturated heterocycles. The molecule has 0 fully saturated rings. The lowest BCUT2D eigenvalue weighted by Crippen LogP contribution is -2.25. The SMILES string of the molecule is Cc1noc(C)c1CC(=O)NCC#CCOc1cccc2ccccc12. The first-order valence-corrected chi connectivity index (χ1v) is 8.40.